The predicted octanol–water partition coefficient (Wildman–Crippen LogP) is 4.99. The molecule has 0 fully saturated rings. The van der Waals surface area contributed by atoms with E-state index in [-0.39, 0.29) is 23.9 Å². The Morgan fingerprint density at radius 1 is 1.26 bits per heavy atom. The lowest BCUT2D eigenvalue weighted by molar-refractivity contribution is -0.0270. The van der Waals surface area contributed by atoms with Crippen molar-refractivity contribution in [2.75, 3.05) is 0 Å². The zero-order valence-corrected chi connectivity index (χ0v) is 18.5. The van der Waals surface area contributed by atoms with Gasteiger partial charge in [-0.1, -0.05) is 51.1 Å². The van der Waals surface area contributed by atoms with Crippen LogP contribution in [0.25, 0.3) is 0 Å². The molecular weight excluding hydrogens is 358 g/mol. The molecule has 0 saturated carbocycles. The fourth-order valence-electron chi connectivity index (χ4n) is 2.76. The number of alkyl carbamates (subject to hydrolysis) is 1. The summed E-state index contributed by atoms with van der Waals surface area (Å²) in [5.41, 5.74) is 0.240. The first-order valence-electron chi connectivity index (χ1n) is 9.44. The fraction of sp³-hybridized carbons (Fsp3) is 0.571. The average Bonchev–Trinajstić information content (AvgIpc) is 2.56. The van der Waals surface area contributed by atoms with Gasteiger partial charge in [-0.2, -0.15) is 0 Å². The molecule has 1 amide bonds. The summed E-state index contributed by atoms with van der Waals surface area (Å²) in [6.07, 6.45) is 2.53. The minimum atomic E-state index is -2.05. The molecule has 1 aliphatic rings. The highest BCUT2D eigenvalue weighted by atomic mass is 28.4. The van der Waals surface area contributed by atoms with Crippen molar-refractivity contribution in [2.24, 2.45) is 0 Å². The van der Waals surface area contributed by atoms with Crippen molar-refractivity contribution < 1.29 is 18.7 Å². The van der Waals surface area contributed by atoms with E-state index in [1.807, 2.05) is 50.3 Å². The summed E-state index contributed by atoms with van der Waals surface area (Å²) in [5, 5.41) is 3.05. The maximum absolute atomic E-state index is 12.5. The van der Waals surface area contributed by atoms with E-state index in [1.165, 1.54) is 0 Å². The van der Waals surface area contributed by atoms with Crippen LogP contribution in [0.2, 0.25) is 18.1 Å². The van der Waals surface area contributed by atoms with Gasteiger partial charge in [-0.15, -0.1) is 0 Å². The lowest BCUT2D eigenvalue weighted by Crippen LogP contribution is -2.63. The van der Waals surface area contributed by atoms with E-state index in [0.717, 1.165) is 5.56 Å². The van der Waals surface area contributed by atoms with Gasteiger partial charge in [-0.05, 0) is 43.6 Å². The lowest BCUT2D eigenvalue weighted by atomic mass is 9.90. The second-order valence-electron chi connectivity index (χ2n) is 8.91. The van der Waals surface area contributed by atoms with Crippen molar-refractivity contribution in [1.29, 1.82) is 0 Å². The van der Waals surface area contributed by atoms with Crippen LogP contribution >= 0.6 is 0 Å². The topological polar surface area (TPSA) is 56.8 Å². The number of amides is 1. The zero-order chi connectivity index (χ0) is 20.3. The number of nitrogens with one attached hydrogen (secondary N) is 1. The van der Waals surface area contributed by atoms with Gasteiger partial charge in [-0.3, -0.25) is 0 Å². The smallest absolute Gasteiger partial charge is 0.408 e. The van der Waals surface area contributed by atoms with E-state index in [9.17, 15) is 4.79 Å². The number of benzene rings is 1. The molecule has 1 aromatic rings. The molecule has 0 bridgehead atoms. The molecule has 0 aliphatic carbocycles. The van der Waals surface area contributed by atoms with Crippen LogP contribution in [-0.2, 0) is 20.5 Å². The van der Waals surface area contributed by atoms with Crippen molar-refractivity contribution in [3.05, 3.63) is 48.2 Å². The molecule has 27 heavy (non-hydrogen) atoms. The number of rotatable bonds is 5. The highest BCUT2D eigenvalue weighted by molar-refractivity contribution is 6.74. The van der Waals surface area contributed by atoms with Gasteiger partial charge in [0.15, 0.2) is 8.32 Å². The van der Waals surface area contributed by atoms with Crippen molar-refractivity contribution in [3.8, 4) is 0 Å². The molecule has 0 saturated heterocycles. The Hall–Kier alpha value is -1.79. The molecule has 0 aromatic heterocycles. The van der Waals surface area contributed by atoms with Crippen molar-refractivity contribution >= 4 is 14.4 Å². The summed E-state index contributed by atoms with van der Waals surface area (Å²) in [7, 11) is -2.05. The molecule has 5 nitrogen and oxygen atoms in total. The largest absolute Gasteiger partial charge is 0.496 e. The summed E-state index contributed by atoms with van der Waals surface area (Å²) in [4.78, 5) is 12.5. The summed E-state index contributed by atoms with van der Waals surface area (Å²) < 4.78 is 17.7. The Morgan fingerprint density at radius 2 is 1.89 bits per heavy atom. The van der Waals surface area contributed by atoms with Gasteiger partial charge in [0.05, 0.1) is 11.8 Å². The number of hydrogen-bond donors (Lipinski definition) is 1. The van der Waals surface area contributed by atoms with E-state index < -0.39 is 19.9 Å². The van der Waals surface area contributed by atoms with Gasteiger partial charge < -0.3 is 19.2 Å². The first kappa shape index (κ1) is 21.5. The number of ether oxygens (including phenoxy) is 2. The maximum atomic E-state index is 12.5. The second kappa shape index (κ2) is 8.06. The minimum absolute atomic E-state index is 0.0581. The van der Waals surface area contributed by atoms with Gasteiger partial charge in [0.2, 0.25) is 0 Å². The van der Waals surface area contributed by atoms with E-state index >= 15 is 0 Å². The lowest BCUT2D eigenvalue weighted by Gasteiger charge is -2.47. The Morgan fingerprint density at radius 3 is 2.48 bits per heavy atom. The quantitative estimate of drug-likeness (QED) is 0.718. The molecule has 3 atom stereocenters. The molecule has 1 heterocycles. The average molecular weight is 392 g/mol. The van der Waals surface area contributed by atoms with Crippen LogP contribution in [0, 0.1) is 0 Å². The van der Waals surface area contributed by atoms with E-state index in [0.29, 0.717) is 0 Å². The van der Waals surface area contributed by atoms with Crippen LogP contribution in [0.3, 0.4) is 0 Å². The van der Waals surface area contributed by atoms with Crippen LogP contribution in [-0.4, -0.2) is 32.2 Å². The minimum Gasteiger partial charge on any atom is -0.496 e. The summed E-state index contributed by atoms with van der Waals surface area (Å²) in [6.45, 7) is 15.1. The maximum Gasteiger partial charge on any atom is 0.408 e. The zero-order valence-electron chi connectivity index (χ0n) is 17.5. The molecule has 1 aliphatic heterocycles. The Labute approximate surface area is 164 Å². The molecular formula is C21H33NO4Si. The monoisotopic (exact) mass is 391 g/mol. The van der Waals surface area contributed by atoms with Gasteiger partial charge in [-0.25, -0.2) is 4.79 Å². The molecule has 150 valence electrons. The number of carbonyl (C=O) groups excluding carboxylic acids is 1. The second-order valence-corrected chi connectivity index (χ2v) is 13.7. The number of hydrogen-bond acceptors (Lipinski definition) is 4. The van der Waals surface area contributed by atoms with Gasteiger partial charge >= 0.3 is 6.09 Å². The van der Waals surface area contributed by atoms with E-state index in [4.69, 9.17) is 13.9 Å². The molecule has 6 heteroatoms. The van der Waals surface area contributed by atoms with Gasteiger partial charge in [0.1, 0.15) is 18.8 Å². The first-order chi connectivity index (χ1) is 12.4. The summed E-state index contributed by atoms with van der Waals surface area (Å²) in [5.74, 6) is 0. The summed E-state index contributed by atoms with van der Waals surface area (Å²) in [6, 6.07) is 9.62. The SMILES string of the molecule is C[C@@H]1OC=C[C@](C)(NC(=O)OCc2ccccc2)[C@@H]1O[Si](C)(C)C(C)(C)C. The highest BCUT2D eigenvalue weighted by Gasteiger charge is 2.48. The van der Waals surface area contributed by atoms with Crippen LogP contribution in [0.5, 0.6) is 0 Å². The van der Waals surface area contributed by atoms with Gasteiger partial charge in [0, 0.05) is 0 Å². The van der Waals surface area contributed by atoms with Crippen LogP contribution in [0.1, 0.15) is 40.2 Å². The Bertz CT molecular complexity index is 669. The fourth-order valence-corrected chi connectivity index (χ4v) is 4.19. The van der Waals surface area contributed by atoms with Crippen molar-refractivity contribution in [1.82, 2.24) is 5.32 Å². The third kappa shape index (κ3) is 5.36. The van der Waals surface area contributed by atoms with Crippen molar-refractivity contribution in [2.45, 2.75) is 77.1 Å². The highest BCUT2D eigenvalue weighted by Crippen LogP contribution is 2.40. The van der Waals surface area contributed by atoms with Crippen LogP contribution < -0.4 is 5.32 Å². The third-order valence-electron chi connectivity index (χ3n) is 5.54. The van der Waals surface area contributed by atoms with Gasteiger partial charge in [0.25, 0.3) is 0 Å². The molecule has 2 rings (SSSR count). The van der Waals surface area contributed by atoms with E-state index in [1.54, 1.807) is 6.26 Å². The first-order valence-corrected chi connectivity index (χ1v) is 12.4. The Kier molecular flexibility index (Phi) is 6.42. The number of carbonyl (C=O) groups is 1. The molecule has 0 unspecified atom stereocenters. The Balaban J connectivity index is 2.09. The molecule has 0 radical (unpaired) electrons. The van der Waals surface area contributed by atoms with Crippen LogP contribution in [0.4, 0.5) is 4.79 Å². The molecule has 1 N–H and O–H groups in total. The van der Waals surface area contributed by atoms with Crippen LogP contribution in [0.15, 0.2) is 42.7 Å². The normalized spacial score (nSPS) is 25.6. The third-order valence-corrected chi connectivity index (χ3v) is 9.99. The van der Waals surface area contributed by atoms with E-state index in [2.05, 4.69) is 39.2 Å². The molecule has 0 spiro atoms. The summed E-state index contributed by atoms with van der Waals surface area (Å²) >= 11 is 0. The predicted molar refractivity (Wildman–Crippen MR) is 110 cm³/mol. The molecule has 1 aromatic carbocycles. The van der Waals surface area contributed by atoms with Crippen molar-refractivity contribution in [3.63, 3.8) is 0 Å². The standard InChI is InChI=1S/C21H33NO4Si/c1-16-18(26-27(6,7)20(2,3)4)21(5,13-14-24-16)22-19(23)25-15-17-11-9-8-10-12-17/h8-14,16,18H,15H2,1-7H3,(H,22,23)/t16-,18+,21-/m0/s1.